The van der Waals surface area contributed by atoms with E-state index in [2.05, 4.69) is 11.4 Å². The van der Waals surface area contributed by atoms with Crippen molar-refractivity contribution in [2.75, 3.05) is 20.2 Å². The quantitative estimate of drug-likeness (QED) is 0.823. The van der Waals surface area contributed by atoms with Crippen molar-refractivity contribution in [3.8, 4) is 5.75 Å². The van der Waals surface area contributed by atoms with Crippen LogP contribution in [0, 0.1) is 5.41 Å². The van der Waals surface area contributed by atoms with Crippen molar-refractivity contribution >= 4 is 5.97 Å². The lowest BCUT2D eigenvalue weighted by atomic mass is 9.93. The van der Waals surface area contributed by atoms with E-state index in [1.54, 1.807) is 0 Å². The number of benzene rings is 1. The Kier molecular flexibility index (Phi) is 4.10. The van der Waals surface area contributed by atoms with Crippen LogP contribution < -0.4 is 10.1 Å². The topological polar surface area (TPSA) is 47.6 Å². The second-order valence-corrected chi connectivity index (χ2v) is 5.56. The van der Waals surface area contributed by atoms with Gasteiger partial charge in [0.15, 0.2) is 0 Å². The van der Waals surface area contributed by atoms with Crippen LogP contribution in [0.4, 0.5) is 0 Å². The van der Waals surface area contributed by atoms with E-state index in [0.29, 0.717) is 6.54 Å². The van der Waals surface area contributed by atoms with Gasteiger partial charge in [-0.1, -0.05) is 18.2 Å². The zero-order valence-corrected chi connectivity index (χ0v) is 11.7. The highest BCUT2D eigenvalue weighted by molar-refractivity contribution is 5.76. The van der Waals surface area contributed by atoms with Crippen molar-refractivity contribution in [3.05, 3.63) is 29.8 Å². The maximum absolute atomic E-state index is 11.5. The van der Waals surface area contributed by atoms with Gasteiger partial charge in [-0.3, -0.25) is 4.79 Å². The van der Waals surface area contributed by atoms with Crippen LogP contribution in [0.25, 0.3) is 0 Å². The second kappa shape index (κ2) is 5.61. The molecule has 1 N–H and O–H groups in total. The fraction of sp³-hybridized carbons (Fsp3) is 0.533. The van der Waals surface area contributed by atoms with Crippen LogP contribution in [0.5, 0.6) is 5.75 Å². The first-order valence-electron chi connectivity index (χ1n) is 6.56. The molecule has 1 heterocycles. The number of fused-ring (bicyclic) bond motifs is 1. The smallest absolute Gasteiger partial charge is 0.312 e. The molecule has 4 heteroatoms. The molecule has 0 aromatic heterocycles. The molecule has 104 valence electrons. The molecule has 4 nitrogen and oxygen atoms in total. The van der Waals surface area contributed by atoms with Crippen LogP contribution in [0.3, 0.4) is 0 Å². The number of hydrogen-bond donors (Lipinski definition) is 1. The van der Waals surface area contributed by atoms with Crippen LogP contribution in [0.2, 0.25) is 0 Å². The molecule has 1 aromatic carbocycles. The minimum absolute atomic E-state index is 0.144. The van der Waals surface area contributed by atoms with Crippen LogP contribution in [0.1, 0.15) is 19.4 Å². The zero-order valence-electron chi connectivity index (χ0n) is 11.7. The highest BCUT2D eigenvalue weighted by Crippen LogP contribution is 2.27. The van der Waals surface area contributed by atoms with E-state index in [9.17, 15) is 4.79 Å². The van der Waals surface area contributed by atoms with Gasteiger partial charge in [0, 0.05) is 19.5 Å². The molecular weight excluding hydrogens is 242 g/mol. The van der Waals surface area contributed by atoms with Crippen LogP contribution >= 0.6 is 0 Å². The highest BCUT2D eigenvalue weighted by atomic mass is 16.5. The third-order valence-electron chi connectivity index (χ3n) is 3.39. The molecule has 19 heavy (non-hydrogen) atoms. The molecule has 1 aliphatic heterocycles. The summed E-state index contributed by atoms with van der Waals surface area (Å²) in [6.45, 7) is 5.05. The van der Waals surface area contributed by atoms with Gasteiger partial charge >= 0.3 is 5.97 Å². The van der Waals surface area contributed by atoms with Gasteiger partial charge in [-0.15, -0.1) is 0 Å². The van der Waals surface area contributed by atoms with Gasteiger partial charge in [-0.25, -0.2) is 0 Å². The number of ether oxygens (including phenoxy) is 2. The van der Waals surface area contributed by atoms with Crippen molar-refractivity contribution in [2.24, 2.45) is 5.41 Å². The van der Waals surface area contributed by atoms with Crippen LogP contribution in [0.15, 0.2) is 24.3 Å². The van der Waals surface area contributed by atoms with Crippen molar-refractivity contribution < 1.29 is 14.3 Å². The van der Waals surface area contributed by atoms with Crippen molar-refractivity contribution in [1.82, 2.24) is 5.32 Å². The van der Waals surface area contributed by atoms with E-state index in [1.807, 2.05) is 32.0 Å². The lowest BCUT2D eigenvalue weighted by Gasteiger charge is -2.22. The van der Waals surface area contributed by atoms with Gasteiger partial charge in [0.25, 0.3) is 0 Å². The Morgan fingerprint density at radius 1 is 1.47 bits per heavy atom. The monoisotopic (exact) mass is 263 g/mol. The fourth-order valence-electron chi connectivity index (χ4n) is 2.26. The zero-order chi connectivity index (χ0) is 13.9. The van der Waals surface area contributed by atoms with Gasteiger partial charge in [0.2, 0.25) is 0 Å². The molecule has 0 fully saturated rings. The lowest BCUT2D eigenvalue weighted by Crippen LogP contribution is -2.40. The molecule has 0 saturated heterocycles. The van der Waals surface area contributed by atoms with E-state index in [1.165, 1.54) is 12.7 Å². The van der Waals surface area contributed by atoms with E-state index >= 15 is 0 Å². The van der Waals surface area contributed by atoms with Gasteiger partial charge in [0.05, 0.1) is 12.5 Å². The van der Waals surface area contributed by atoms with E-state index in [4.69, 9.17) is 9.47 Å². The summed E-state index contributed by atoms with van der Waals surface area (Å²) >= 11 is 0. The minimum atomic E-state index is -0.514. The number of hydrogen-bond acceptors (Lipinski definition) is 4. The predicted octanol–water partition coefficient (Wildman–Crippen LogP) is 1.78. The molecule has 0 amide bonds. The van der Waals surface area contributed by atoms with Crippen LogP contribution in [-0.4, -0.2) is 32.3 Å². The molecular formula is C15H21NO3. The molecule has 0 bridgehead atoms. The predicted molar refractivity (Wildman–Crippen MR) is 73.2 cm³/mol. The Morgan fingerprint density at radius 3 is 2.89 bits per heavy atom. The molecule has 0 spiro atoms. The van der Waals surface area contributed by atoms with E-state index < -0.39 is 5.41 Å². The molecule has 0 saturated carbocycles. The Morgan fingerprint density at radius 2 is 2.21 bits per heavy atom. The first kappa shape index (κ1) is 13.9. The van der Waals surface area contributed by atoms with Crippen molar-refractivity contribution in [1.29, 1.82) is 0 Å². The average molecular weight is 263 g/mol. The Balaban J connectivity index is 1.78. The first-order valence-corrected chi connectivity index (χ1v) is 6.56. The summed E-state index contributed by atoms with van der Waals surface area (Å²) in [4.78, 5) is 11.5. The molecule has 1 atom stereocenters. The number of carbonyl (C=O) groups excluding carboxylic acids is 1. The minimum Gasteiger partial charge on any atom is -0.488 e. The molecule has 1 aliphatic rings. The SMILES string of the molecule is COC(=O)C(C)(C)CNCC1Cc2ccccc2O1. The van der Waals surface area contributed by atoms with Gasteiger partial charge in [0.1, 0.15) is 11.9 Å². The van der Waals surface area contributed by atoms with Crippen molar-refractivity contribution in [3.63, 3.8) is 0 Å². The number of nitrogens with one attached hydrogen (secondary N) is 1. The molecule has 0 radical (unpaired) electrons. The number of esters is 1. The molecule has 0 aliphatic carbocycles. The van der Waals surface area contributed by atoms with E-state index in [-0.39, 0.29) is 12.1 Å². The number of carbonyl (C=O) groups is 1. The number of methoxy groups -OCH3 is 1. The molecule has 2 rings (SSSR count). The Hall–Kier alpha value is -1.55. The van der Waals surface area contributed by atoms with Gasteiger partial charge in [-0.2, -0.15) is 0 Å². The van der Waals surface area contributed by atoms with Crippen molar-refractivity contribution in [2.45, 2.75) is 26.4 Å². The van der Waals surface area contributed by atoms with Crippen LogP contribution in [-0.2, 0) is 16.0 Å². The standard InChI is InChI=1S/C15H21NO3/c1-15(2,14(17)18-3)10-16-9-12-8-11-6-4-5-7-13(11)19-12/h4-7,12,16H,8-10H2,1-3H3. The fourth-order valence-corrected chi connectivity index (χ4v) is 2.26. The summed E-state index contributed by atoms with van der Waals surface area (Å²) in [5.41, 5.74) is 0.738. The third kappa shape index (κ3) is 3.26. The van der Waals surface area contributed by atoms with E-state index in [0.717, 1.165) is 18.7 Å². The third-order valence-corrected chi connectivity index (χ3v) is 3.39. The number of rotatable bonds is 5. The maximum Gasteiger partial charge on any atom is 0.312 e. The molecule has 1 aromatic rings. The summed E-state index contributed by atoms with van der Waals surface area (Å²) in [7, 11) is 1.42. The van der Waals surface area contributed by atoms with Gasteiger partial charge < -0.3 is 14.8 Å². The summed E-state index contributed by atoms with van der Waals surface area (Å²) in [6, 6.07) is 8.09. The highest BCUT2D eigenvalue weighted by Gasteiger charge is 2.29. The number of para-hydroxylation sites is 1. The molecule has 1 unspecified atom stereocenters. The largest absolute Gasteiger partial charge is 0.488 e. The summed E-state index contributed by atoms with van der Waals surface area (Å²) in [5.74, 6) is 0.775. The summed E-state index contributed by atoms with van der Waals surface area (Å²) < 4.78 is 10.6. The summed E-state index contributed by atoms with van der Waals surface area (Å²) in [5, 5.41) is 3.29. The maximum atomic E-state index is 11.5. The summed E-state index contributed by atoms with van der Waals surface area (Å²) in [6.07, 6.45) is 1.06. The first-order chi connectivity index (χ1) is 9.03. The second-order valence-electron chi connectivity index (χ2n) is 5.56. The van der Waals surface area contributed by atoms with Gasteiger partial charge in [-0.05, 0) is 25.5 Å². The normalized spacial score (nSPS) is 17.7. The lowest BCUT2D eigenvalue weighted by molar-refractivity contribution is -0.150. The Labute approximate surface area is 114 Å². The average Bonchev–Trinajstić information content (AvgIpc) is 2.80. The Bertz CT molecular complexity index is 431.